The molecule has 1 aromatic heterocycles. The Labute approximate surface area is 96.7 Å². The van der Waals surface area contributed by atoms with Crippen LogP contribution in [-0.2, 0) is 6.42 Å². The van der Waals surface area contributed by atoms with Gasteiger partial charge in [0.1, 0.15) is 5.82 Å². The van der Waals surface area contributed by atoms with Crippen LogP contribution in [0.1, 0.15) is 35.4 Å². The summed E-state index contributed by atoms with van der Waals surface area (Å²) in [6.07, 6.45) is 4.66. The first-order chi connectivity index (χ1) is 7.65. The molecule has 0 aliphatic heterocycles. The van der Waals surface area contributed by atoms with E-state index < -0.39 is 0 Å². The van der Waals surface area contributed by atoms with Crippen molar-refractivity contribution in [2.45, 2.75) is 33.1 Å². The lowest BCUT2D eigenvalue weighted by molar-refractivity contribution is 0.725. The van der Waals surface area contributed by atoms with Crippen LogP contribution in [0.3, 0.4) is 0 Å². The van der Waals surface area contributed by atoms with Gasteiger partial charge < -0.3 is 4.98 Å². The van der Waals surface area contributed by atoms with E-state index in [1.807, 2.05) is 12.4 Å². The van der Waals surface area contributed by atoms with Gasteiger partial charge in [-0.2, -0.15) is 0 Å². The largest absolute Gasteiger partial charge is 0.349 e. The van der Waals surface area contributed by atoms with Crippen molar-refractivity contribution in [3.8, 4) is 0 Å². The smallest absolute Gasteiger partial charge is 0.106 e. The molecule has 1 N–H and O–H groups in total. The fourth-order valence-corrected chi connectivity index (χ4v) is 2.11. The standard InChI is InChI=1S/C14H18N2/c1-10-6-11(2)8-13(7-10)12(3)9-14-15-4-5-16-14/h4-8,12H,9H2,1-3H3,(H,15,16). The number of aryl methyl sites for hydroxylation is 2. The minimum Gasteiger partial charge on any atom is -0.349 e. The molecule has 2 heteroatoms. The van der Waals surface area contributed by atoms with Crippen molar-refractivity contribution in [3.05, 3.63) is 53.1 Å². The highest BCUT2D eigenvalue weighted by atomic mass is 14.9. The predicted molar refractivity (Wildman–Crippen MR) is 66.6 cm³/mol. The summed E-state index contributed by atoms with van der Waals surface area (Å²) in [6.45, 7) is 6.54. The molecule has 1 unspecified atom stereocenters. The van der Waals surface area contributed by atoms with Gasteiger partial charge in [0.2, 0.25) is 0 Å². The van der Waals surface area contributed by atoms with Crippen molar-refractivity contribution in [3.63, 3.8) is 0 Å². The number of nitrogens with one attached hydrogen (secondary N) is 1. The molecule has 16 heavy (non-hydrogen) atoms. The minimum atomic E-state index is 0.504. The van der Waals surface area contributed by atoms with Crippen molar-refractivity contribution in [2.24, 2.45) is 0 Å². The second kappa shape index (κ2) is 4.52. The summed E-state index contributed by atoms with van der Waals surface area (Å²) in [5.74, 6) is 1.57. The Balaban J connectivity index is 2.17. The maximum Gasteiger partial charge on any atom is 0.106 e. The van der Waals surface area contributed by atoms with Gasteiger partial charge in [-0.15, -0.1) is 0 Å². The van der Waals surface area contributed by atoms with E-state index in [1.54, 1.807) is 0 Å². The van der Waals surface area contributed by atoms with E-state index in [-0.39, 0.29) is 0 Å². The summed E-state index contributed by atoms with van der Waals surface area (Å²) >= 11 is 0. The Kier molecular flexibility index (Phi) is 3.09. The molecule has 0 saturated heterocycles. The van der Waals surface area contributed by atoms with E-state index in [4.69, 9.17) is 0 Å². The van der Waals surface area contributed by atoms with E-state index in [9.17, 15) is 0 Å². The van der Waals surface area contributed by atoms with Gasteiger partial charge in [-0.25, -0.2) is 4.98 Å². The van der Waals surface area contributed by atoms with Crippen molar-refractivity contribution in [1.29, 1.82) is 0 Å². The molecule has 0 radical (unpaired) electrons. The highest BCUT2D eigenvalue weighted by Gasteiger charge is 2.08. The SMILES string of the molecule is Cc1cc(C)cc(C(C)Cc2ncc[nH]2)c1. The zero-order chi connectivity index (χ0) is 11.5. The number of hydrogen-bond acceptors (Lipinski definition) is 1. The van der Waals surface area contributed by atoms with Crippen LogP contribution in [0.2, 0.25) is 0 Å². The second-order valence-electron chi connectivity index (χ2n) is 4.56. The van der Waals surface area contributed by atoms with Crippen LogP contribution in [0, 0.1) is 13.8 Å². The number of H-pyrrole nitrogens is 1. The average molecular weight is 214 g/mol. The zero-order valence-electron chi connectivity index (χ0n) is 10.1. The molecule has 84 valence electrons. The Bertz CT molecular complexity index is 437. The highest BCUT2D eigenvalue weighted by Crippen LogP contribution is 2.21. The van der Waals surface area contributed by atoms with Crippen LogP contribution in [0.15, 0.2) is 30.6 Å². The average Bonchev–Trinajstić information content (AvgIpc) is 2.68. The maximum absolute atomic E-state index is 4.27. The summed E-state index contributed by atoms with van der Waals surface area (Å²) in [5.41, 5.74) is 4.07. The van der Waals surface area contributed by atoms with Gasteiger partial charge in [0.05, 0.1) is 0 Å². The summed E-state index contributed by atoms with van der Waals surface area (Å²) in [7, 11) is 0. The molecule has 0 amide bonds. The fourth-order valence-electron chi connectivity index (χ4n) is 2.11. The van der Waals surface area contributed by atoms with Gasteiger partial charge in [0, 0.05) is 18.8 Å². The van der Waals surface area contributed by atoms with Gasteiger partial charge in [-0.1, -0.05) is 36.2 Å². The summed E-state index contributed by atoms with van der Waals surface area (Å²) in [4.78, 5) is 7.43. The number of benzene rings is 1. The topological polar surface area (TPSA) is 28.7 Å². The lowest BCUT2D eigenvalue weighted by Gasteiger charge is -2.12. The molecule has 0 fully saturated rings. The van der Waals surface area contributed by atoms with Gasteiger partial charge in [0.25, 0.3) is 0 Å². The van der Waals surface area contributed by atoms with Crippen LogP contribution >= 0.6 is 0 Å². The molecule has 2 aromatic rings. The first kappa shape index (κ1) is 10.9. The van der Waals surface area contributed by atoms with Crippen LogP contribution in [-0.4, -0.2) is 9.97 Å². The molecule has 1 aromatic carbocycles. The third-order valence-electron chi connectivity index (χ3n) is 2.87. The Morgan fingerprint density at radius 2 is 1.88 bits per heavy atom. The molecule has 0 spiro atoms. The second-order valence-corrected chi connectivity index (χ2v) is 4.56. The van der Waals surface area contributed by atoms with E-state index in [1.165, 1.54) is 16.7 Å². The third-order valence-corrected chi connectivity index (χ3v) is 2.87. The number of aromatic amines is 1. The fraction of sp³-hybridized carbons (Fsp3) is 0.357. The Morgan fingerprint density at radius 1 is 1.19 bits per heavy atom. The van der Waals surface area contributed by atoms with Gasteiger partial charge >= 0.3 is 0 Å². The number of nitrogens with zero attached hydrogens (tertiary/aromatic N) is 1. The Hall–Kier alpha value is -1.57. The summed E-state index contributed by atoms with van der Waals surface area (Å²) in [6, 6.07) is 6.74. The maximum atomic E-state index is 4.27. The number of rotatable bonds is 3. The molecule has 1 atom stereocenters. The van der Waals surface area contributed by atoms with Crippen molar-refractivity contribution in [2.75, 3.05) is 0 Å². The van der Waals surface area contributed by atoms with Gasteiger partial charge in [-0.3, -0.25) is 0 Å². The number of imidazole rings is 1. The number of aromatic nitrogens is 2. The molecule has 0 aliphatic carbocycles. The molecular formula is C14H18N2. The monoisotopic (exact) mass is 214 g/mol. The van der Waals surface area contributed by atoms with Crippen LogP contribution in [0.25, 0.3) is 0 Å². The quantitative estimate of drug-likeness (QED) is 0.833. The first-order valence-electron chi connectivity index (χ1n) is 5.71. The van der Waals surface area contributed by atoms with E-state index >= 15 is 0 Å². The highest BCUT2D eigenvalue weighted by molar-refractivity contribution is 5.31. The predicted octanol–water partition coefficient (Wildman–Crippen LogP) is 3.37. The molecule has 2 rings (SSSR count). The minimum absolute atomic E-state index is 0.504. The molecule has 2 nitrogen and oxygen atoms in total. The van der Waals surface area contributed by atoms with Crippen LogP contribution in [0.5, 0.6) is 0 Å². The van der Waals surface area contributed by atoms with E-state index in [2.05, 4.69) is 48.9 Å². The van der Waals surface area contributed by atoms with Crippen molar-refractivity contribution in [1.82, 2.24) is 9.97 Å². The van der Waals surface area contributed by atoms with Crippen LogP contribution < -0.4 is 0 Å². The molecule has 1 heterocycles. The lowest BCUT2D eigenvalue weighted by Crippen LogP contribution is -2.01. The van der Waals surface area contributed by atoms with Gasteiger partial charge in [-0.05, 0) is 25.3 Å². The van der Waals surface area contributed by atoms with Crippen LogP contribution in [0.4, 0.5) is 0 Å². The molecule has 0 aliphatic rings. The summed E-state index contributed by atoms with van der Waals surface area (Å²) in [5, 5.41) is 0. The zero-order valence-corrected chi connectivity index (χ0v) is 10.1. The first-order valence-corrected chi connectivity index (χ1v) is 5.71. The van der Waals surface area contributed by atoms with Crippen molar-refractivity contribution >= 4 is 0 Å². The lowest BCUT2D eigenvalue weighted by atomic mass is 9.94. The molecule has 0 saturated carbocycles. The van der Waals surface area contributed by atoms with E-state index in [0.29, 0.717) is 5.92 Å². The third kappa shape index (κ3) is 2.51. The molecule has 0 bridgehead atoms. The number of hydrogen-bond donors (Lipinski definition) is 1. The van der Waals surface area contributed by atoms with Crippen molar-refractivity contribution < 1.29 is 0 Å². The van der Waals surface area contributed by atoms with E-state index in [0.717, 1.165) is 12.2 Å². The molecular weight excluding hydrogens is 196 g/mol. The van der Waals surface area contributed by atoms with Gasteiger partial charge in [0.15, 0.2) is 0 Å². The Morgan fingerprint density at radius 3 is 2.44 bits per heavy atom. The normalized spacial score (nSPS) is 12.7. The summed E-state index contributed by atoms with van der Waals surface area (Å²) < 4.78 is 0.